The maximum Gasteiger partial charge on any atom is 0.0517 e. The second-order valence-corrected chi connectivity index (χ2v) is 4.04. The molecule has 1 aliphatic heterocycles. The summed E-state index contributed by atoms with van der Waals surface area (Å²) in [5.41, 5.74) is 2.13. The summed E-state index contributed by atoms with van der Waals surface area (Å²) in [4.78, 5) is 4.46. The number of hydrogen-bond acceptors (Lipinski definition) is 3. The number of rotatable bonds is 0. The number of allylic oxidation sites excluding steroid dienone is 2. The van der Waals surface area contributed by atoms with Crippen molar-refractivity contribution in [3.63, 3.8) is 0 Å². The van der Waals surface area contributed by atoms with E-state index in [2.05, 4.69) is 20.9 Å². The van der Waals surface area contributed by atoms with Crippen molar-refractivity contribution in [2.75, 3.05) is 39.3 Å². The maximum absolute atomic E-state index is 4.46. The van der Waals surface area contributed by atoms with Crippen LogP contribution in [0.2, 0.25) is 0 Å². The molecule has 1 rings (SSSR count). The van der Waals surface area contributed by atoms with Crippen LogP contribution >= 0.6 is 0 Å². The summed E-state index contributed by atoms with van der Waals surface area (Å²) in [6.07, 6.45) is 3.21. The van der Waals surface area contributed by atoms with Crippen molar-refractivity contribution in [3.05, 3.63) is 17.1 Å². The molecule has 0 saturated heterocycles. The molecule has 0 aromatic carbocycles. The molecule has 0 amide bonds. The van der Waals surface area contributed by atoms with Gasteiger partial charge in [-0.25, -0.2) is 0 Å². The smallest absolute Gasteiger partial charge is 0.0517 e. The quantitative estimate of drug-likeness (QED) is 0.658. The zero-order valence-electron chi connectivity index (χ0n) is 10.7. The first-order valence-electron chi connectivity index (χ1n) is 6.07. The summed E-state index contributed by atoms with van der Waals surface area (Å²) in [6.45, 7) is 9.81. The van der Waals surface area contributed by atoms with E-state index >= 15 is 0 Å². The van der Waals surface area contributed by atoms with Crippen molar-refractivity contribution >= 4 is 5.71 Å². The van der Waals surface area contributed by atoms with E-state index in [0.29, 0.717) is 0 Å². The van der Waals surface area contributed by atoms with E-state index in [4.69, 9.17) is 0 Å². The minimum Gasteiger partial charge on any atom is -0.687 e. The number of nitrogens with zero attached hydrogens (tertiary/aromatic N) is 2. The van der Waals surface area contributed by atoms with Crippen LogP contribution in [0, 0.1) is 0 Å². The van der Waals surface area contributed by atoms with E-state index in [1.165, 1.54) is 0 Å². The molecule has 0 atom stereocenters. The van der Waals surface area contributed by atoms with Crippen molar-refractivity contribution in [1.82, 2.24) is 10.6 Å². The molecular weight excluding hydrogens is 259 g/mol. The molecule has 1 aliphatic rings. The van der Waals surface area contributed by atoms with Crippen LogP contribution in [-0.2, 0) is 16.5 Å². The molecule has 0 aromatic rings. The Kier molecular flexibility index (Phi) is 10.5. The van der Waals surface area contributed by atoms with Gasteiger partial charge in [0.2, 0.25) is 0 Å². The normalized spacial score (nSPS) is 20.1. The summed E-state index contributed by atoms with van der Waals surface area (Å²) >= 11 is 0. The molecule has 1 heterocycles. The molecule has 0 aromatic heterocycles. The van der Waals surface area contributed by atoms with Crippen molar-refractivity contribution in [3.8, 4) is 0 Å². The van der Waals surface area contributed by atoms with Gasteiger partial charge in [0, 0.05) is 28.7 Å². The molecule has 5 heteroatoms. The molecule has 2 N–H and O–H groups in total. The first-order valence-corrected chi connectivity index (χ1v) is 6.07. The largest absolute Gasteiger partial charge is 0.687 e. The molecule has 0 spiro atoms. The zero-order valence-corrected chi connectivity index (χ0v) is 11.7. The Hall–Kier alpha value is -0.376. The maximum atomic E-state index is 4.46. The Morgan fingerprint density at radius 3 is 2.59 bits per heavy atom. The Bertz CT molecular complexity index is 251. The van der Waals surface area contributed by atoms with E-state index in [9.17, 15) is 0 Å². The monoisotopic (exact) mass is 281 g/mol. The predicted molar refractivity (Wildman–Crippen MR) is 70.3 cm³/mol. The van der Waals surface area contributed by atoms with Gasteiger partial charge in [0.05, 0.1) is 6.54 Å². The summed E-state index contributed by atoms with van der Waals surface area (Å²) in [5.74, 6) is 0. The summed E-state index contributed by atoms with van der Waals surface area (Å²) in [7, 11) is 0. The zero-order chi connectivity index (χ0) is 11.6. The summed E-state index contributed by atoms with van der Waals surface area (Å²) in [6, 6.07) is 0. The molecule has 0 radical (unpaired) electrons. The molecule has 17 heavy (non-hydrogen) atoms. The minimum absolute atomic E-state index is 0. The van der Waals surface area contributed by atoms with Crippen molar-refractivity contribution in [1.29, 1.82) is 0 Å². The third-order valence-electron chi connectivity index (χ3n) is 2.42. The van der Waals surface area contributed by atoms with Crippen LogP contribution in [0.4, 0.5) is 0 Å². The van der Waals surface area contributed by atoms with Gasteiger partial charge in [0.15, 0.2) is 0 Å². The van der Waals surface area contributed by atoms with Gasteiger partial charge in [0.25, 0.3) is 0 Å². The number of nitrogens with one attached hydrogen (secondary N) is 2. The fourth-order valence-corrected chi connectivity index (χ4v) is 1.60. The standard InChI is InChI=1S/C12H23N4.Ni/c1-11-10-12(2)16-9-7-14-5-3-4-13-6-8-15-11;/h10,13-14H,3-9H2,1-2H3;/q-1;. The molecule has 102 valence electrons. The van der Waals surface area contributed by atoms with E-state index in [1.54, 1.807) is 0 Å². The Morgan fingerprint density at radius 1 is 1.12 bits per heavy atom. The minimum atomic E-state index is 0. The van der Waals surface area contributed by atoms with Crippen molar-refractivity contribution in [2.24, 2.45) is 4.99 Å². The first kappa shape index (κ1) is 16.6. The van der Waals surface area contributed by atoms with E-state index in [-0.39, 0.29) is 16.5 Å². The molecular formula is C12H23N4Ni-. The average Bonchev–Trinajstić information content (AvgIpc) is 2.25. The van der Waals surface area contributed by atoms with Crippen LogP contribution < -0.4 is 10.6 Å². The van der Waals surface area contributed by atoms with Crippen LogP contribution in [0.5, 0.6) is 0 Å². The number of hydrogen-bond donors (Lipinski definition) is 2. The molecule has 0 aliphatic carbocycles. The summed E-state index contributed by atoms with van der Waals surface area (Å²) < 4.78 is 0. The van der Waals surface area contributed by atoms with Crippen LogP contribution in [-0.4, -0.2) is 45.0 Å². The fourth-order valence-electron chi connectivity index (χ4n) is 1.60. The average molecular weight is 282 g/mol. The Morgan fingerprint density at radius 2 is 1.82 bits per heavy atom. The molecule has 0 bridgehead atoms. The Balaban J connectivity index is 0.00000256. The Labute approximate surface area is 115 Å². The fraction of sp³-hybridized carbons (Fsp3) is 0.750. The van der Waals surface area contributed by atoms with Gasteiger partial charge >= 0.3 is 0 Å². The van der Waals surface area contributed by atoms with Gasteiger partial charge in [-0.05, 0) is 33.0 Å². The topological polar surface area (TPSA) is 50.5 Å². The van der Waals surface area contributed by atoms with E-state index in [0.717, 1.165) is 57.1 Å². The molecule has 0 fully saturated rings. The van der Waals surface area contributed by atoms with Crippen LogP contribution in [0.25, 0.3) is 5.32 Å². The SMILES string of the molecule is CC1=CC(C)=NCCNCCCNCC[N-]1.[Ni]. The first-order chi connectivity index (χ1) is 7.79. The predicted octanol–water partition coefficient (Wildman–Crippen LogP) is 1.31. The van der Waals surface area contributed by atoms with Gasteiger partial charge < -0.3 is 16.0 Å². The molecule has 4 nitrogen and oxygen atoms in total. The third kappa shape index (κ3) is 9.34. The van der Waals surface area contributed by atoms with Crippen LogP contribution in [0.1, 0.15) is 20.3 Å². The van der Waals surface area contributed by atoms with Gasteiger partial charge in [-0.15, -0.1) is 6.54 Å². The summed E-state index contributed by atoms with van der Waals surface area (Å²) in [5, 5.41) is 11.2. The second-order valence-electron chi connectivity index (χ2n) is 4.04. The van der Waals surface area contributed by atoms with Crippen molar-refractivity contribution < 1.29 is 16.5 Å². The van der Waals surface area contributed by atoms with Gasteiger partial charge in [-0.3, -0.25) is 4.99 Å². The van der Waals surface area contributed by atoms with Gasteiger partial charge in [-0.1, -0.05) is 13.0 Å². The van der Waals surface area contributed by atoms with Crippen LogP contribution in [0.3, 0.4) is 0 Å². The van der Waals surface area contributed by atoms with E-state index in [1.807, 2.05) is 19.9 Å². The van der Waals surface area contributed by atoms with Crippen LogP contribution in [0.15, 0.2) is 16.8 Å². The van der Waals surface area contributed by atoms with Gasteiger partial charge in [0.1, 0.15) is 0 Å². The van der Waals surface area contributed by atoms with Crippen molar-refractivity contribution in [2.45, 2.75) is 20.3 Å². The van der Waals surface area contributed by atoms with Gasteiger partial charge in [-0.2, -0.15) is 5.70 Å². The molecule has 0 saturated carbocycles. The molecule has 0 unspecified atom stereocenters. The van der Waals surface area contributed by atoms with E-state index < -0.39 is 0 Å². The second kappa shape index (κ2) is 10.8. The third-order valence-corrected chi connectivity index (χ3v) is 2.42. The number of aliphatic imine (C=N–C) groups is 1.